The molecule has 0 N–H and O–H groups in total. The smallest absolute Gasteiger partial charge is 0.251 e. The van der Waals surface area contributed by atoms with Crippen LogP contribution in [0.25, 0.3) is 0 Å². The van der Waals surface area contributed by atoms with Crippen molar-refractivity contribution in [2.24, 2.45) is 16.7 Å². The SMILES string of the molecule is C=C1CCC(OCc2ccccc2)C2(C)CC(=O)C34C(C)=CCC(C(=O)N3OC12)C4(C)C. The summed E-state index contributed by atoms with van der Waals surface area (Å²) in [6.07, 6.45) is 3.94. The van der Waals surface area contributed by atoms with Crippen molar-refractivity contribution in [1.29, 1.82) is 0 Å². The number of fused-ring (bicyclic) bond motifs is 2. The number of benzene rings is 1. The molecule has 5 rings (SSSR count). The van der Waals surface area contributed by atoms with Crippen LogP contribution in [0.15, 0.2) is 54.1 Å². The Morgan fingerprint density at radius 2 is 1.91 bits per heavy atom. The molecule has 3 fully saturated rings. The molecule has 4 aliphatic rings. The molecule has 1 amide bonds. The van der Waals surface area contributed by atoms with E-state index in [4.69, 9.17) is 9.57 Å². The molecule has 1 aromatic carbocycles. The number of carbonyl (C=O) groups is 2. The molecule has 2 saturated heterocycles. The second kappa shape index (κ2) is 7.13. The monoisotopic (exact) mass is 435 g/mol. The van der Waals surface area contributed by atoms with E-state index in [1.165, 1.54) is 5.06 Å². The van der Waals surface area contributed by atoms with E-state index in [2.05, 4.69) is 19.6 Å². The Bertz CT molecular complexity index is 1010. The third-order valence-corrected chi connectivity index (χ3v) is 8.72. The average Bonchev–Trinajstić information content (AvgIpc) is 2.83. The van der Waals surface area contributed by atoms with Gasteiger partial charge in [0.25, 0.3) is 5.91 Å². The lowest BCUT2D eigenvalue weighted by molar-refractivity contribution is -0.245. The predicted molar refractivity (Wildman–Crippen MR) is 121 cm³/mol. The minimum atomic E-state index is -1.06. The fraction of sp³-hybridized carbons (Fsp3) is 0.556. The molecule has 1 spiro atoms. The summed E-state index contributed by atoms with van der Waals surface area (Å²) in [4.78, 5) is 34.3. The van der Waals surface area contributed by atoms with Crippen molar-refractivity contribution in [3.05, 3.63) is 59.7 Å². The lowest BCUT2D eigenvalue weighted by atomic mass is 9.56. The van der Waals surface area contributed by atoms with E-state index in [9.17, 15) is 9.59 Å². The van der Waals surface area contributed by atoms with Crippen LogP contribution in [0.5, 0.6) is 0 Å². The maximum atomic E-state index is 14.2. The summed E-state index contributed by atoms with van der Waals surface area (Å²) in [6.45, 7) is 12.9. The van der Waals surface area contributed by atoms with Crippen molar-refractivity contribution in [3.8, 4) is 0 Å². The Morgan fingerprint density at radius 3 is 2.62 bits per heavy atom. The van der Waals surface area contributed by atoms with Gasteiger partial charge in [0.05, 0.1) is 18.6 Å². The van der Waals surface area contributed by atoms with E-state index >= 15 is 0 Å². The lowest BCUT2D eigenvalue weighted by Crippen LogP contribution is -2.59. The van der Waals surface area contributed by atoms with Gasteiger partial charge in [-0.3, -0.25) is 14.4 Å². The number of ketones is 1. The zero-order chi connectivity index (χ0) is 22.9. The van der Waals surface area contributed by atoms with Gasteiger partial charge in [0, 0.05) is 17.3 Å². The van der Waals surface area contributed by atoms with Crippen molar-refractivity contribution in [3.63, 3.8) is 0 Å². The van der Waals surface area contributed by atoms with Gasteiger partial charge in [-0.25, -0.2) is 5.06 Å². The Hall–Kier alpha value is -2.24. The molecule has 170 valence electrons. The second-order valence-corrected chi connectivity index (χ2v) is 10.8. The van der Waals surface area contributed by atoms with Gasteiger partial charge in [-0.1, -0.05) is 63.8 Å². The number of allylic oxidation sites excluding steroid dienone is 1. The van der Waals surface area contributed by atoms with Crippen molar-refractivity contribution >= 4 is 11.7 Å². The minimum Gasteiger partial charge on any atom is -0.373 e. The van der Waals surface area contributed by atoms with Crippen molar-refractivity contribution < 1.29 is 19.2 Å². The zero-order valence-corrected chi connectivity index (χ0v) is 19.5. The Morgan fingerprint density at radius 1 is 1.19 bits per heavy atom. The molecule has 0 radical (unpaired) electrons. The molecule has 5 heteroatoms. The van der Waals surface area contributed by atoms with Gasteiger partial charge in [-0.05, 0) is 42.9 Å². The third kappa shape index (κ3) is 2.64. The van der Waals surface area contributed by atoms with Crippen LogP contribution in [0.3, 0.4) is 0 Å². The van der Waals surface area contributed by atoms with Crippen LogP contribution in [0.4, 0.5) is 0 Å². The predicted octanol–water partition coefficient (Wildman–Crippen LogP) is 4.77. The van der Waals surface area contributed by atoms with E-state index in [0.717, 1.165) is 29.6 Å². The number of nitrogens with zero attached hydrogens (tertiary/aromatic N) is 1. The molecular formula is C27H33NO4. The summed E-state index contributed by atoms with van der Waals surface area (Å²) >= 11 is 0. The van der Waals surface area contributed by atoms with Crippen LogP contribution < -0.4 is 0 Å². The van der Waals surface area contributed by atoms with Gasteiger partial charge >= 0.3 is 0 Å². The van der Waals surface area contributed by atoms with Crippen molar-refractivity contribution in [1.82, 2.24) is 5.06 Å². The molecule has 1 saturated carbocycles. The van der Waals surface area contributed by atoms with Crippen LogP contribution >= 0.6 is 0 Å². The number of ether oxygens (including phenoxy) is 1. The third-order valence-electron chi connectivity index (χ3n) is 8.72. The molecule has 2 heterocycles. The topological polar surface area (TPSA) is 55.8 Å². The van der Waals surface area contributed by atoms with Crippen LogP contribution in [0, 0.1) is 16.7 Å². The molecule has 0 aromatic heterocycles. The maximum absolute atomic E-state index is 14.2. The molecule has 2 aliphatic carbocycles. The zero-order valence-electron chi connectivity index (χ0n) is 19.5. The minimum absolute atomic E-state index is 0.0554. The fourth-order valence-electron chi connectivity index (χ4n) is 6.90. The first-order chi connectivity index (χ1) is 15.1. The Balaban J connectivity index is 1.54. The largest absolute Gasteiger partial charge is 0.373 e. The first kappa shape index (κ1) is 21.6. The molecular weight excluding hydrogens is 402 g/mol. The first-order valence-electron chi connectivity index (χ1n) is 11.7. The van der Waals surface area contributed by atoms with E-state index in [0.29, 0.717) is 19.4 Å². The summed E-state index contributed by atoms with van der Waals surface area (Å²) in [6, 6.07) is 10.1. The Kier molecular flexibility index (Phi) is 4.81. The summed E-state index contributed by atoms with van der Waals surface area (Å²) in [5, 5.41) is 1.46. The normalized spacial score (nSPS) is 38.1. The summed E-state index contributed by atoms with van der Waals surface area (Å²) in [7, 11) is 0. The summed E-state index contributed by atoms with van der Waals surface area (Å²) in [5.41, 5.74) is 0.768. The summed E-state index contributed by atoms with van der Waals surface area (Å²) < 4.78 is 6.43. The number of hydroxylamine groups is 2. The van der Waals surface area contributed by atoms with Crippen molar-refractivity contribution in [2.75, 3.05) is 0 Å². The van der Waals surface area contributed by atoms with Gasteiger partial charge in [-0.2, -0.15) is 0 Å². The van der Waals surface area contributed by atoms with Crippen LogP contribution in [-0.4, -0.2) is 34.5 Å². The molecule has 5 nitrogen and oxygen atoms in total. The highest BCUT2D eigenvalue weighted by molar-refractivity contribution is 6.02. The Labute approximate surface area is 190 Å². The molecule has 5 atom stereocenters. The molecule has 2 bridgehead atoms. The number of Topliss-reactive ketones (excluding diaryl/α,β-unsaturated/α-hetero) is 1. The van der Waals surface area contributed by atoms with E-state index < -0.39 is 22.5 Å². The standard InChI is InChI=1S/C27H33NO4/c1-17-11-14-22(31-16-19-9-7-6-8-10-19)26(5)15-21(29)27-18(2)12-13-20(25(27,3)4)24(30)28(27)32-23(17)26/h6-10,12,20,22-23H,1,11,13-16H2,2-5H3. The number of rotatable bonds is 3. The van der Waals surface area contributed by atoms with E-state index in [1.807, 2.05) is 51.1 Å². The maximum Gasteiger partial charge on any atom is 0.251 e. The number of carbonyl (C=O) groups excluding carboxylic acids is 2. The van der Waals surface area contributed by atoms with Gasteiger partial charge in [0.15, 0.2) is 11.3 Å². The molecule has 1 aromatic rings. The second-order valence-electron chi connectivity index (χ2n) is 10.8. The lowest BCUT2D eigenvalue weighted by Gasteiger charge is -2.46. The summed E-state index contributed by atoms with van der Waals surface area (Å²) in [5.74, 6) is -0.276. The van der Waals surface area contributed by atoms with Gasteiger partial charge in [0.1, 0.15) is 6.10 Å². The fourth-order valence-corrected chi connectivity index (χ4v) is 6.90. The first-order valence-corrected chi connectivity index (χ1v) is 11.7. The number of hydrogen-bond acceptors (Lipinski definition) is 4. The van der Waals surface area contributed by atoms with Crippen LogP contribution in [-0.2, 0) is 25.8 Å². The molecule has 5 unspecified atom stereocenters. The average molecular weight is 436 g/mol. The highest BCUT2D eigenvalue weighted by atomic mass is 16.7. The van der Waals surface area contributed by atoms with Crippen LogP contribution in [0.2, 0.25) is 0 Å². The molecule has 2 aliphatic heterocycles. The van der Waals surface area contributed by atoms with Gasteiger partial charge in [-0.15, -0.1) is 0 Å². The van der Waals surface area contributed by atoms with Crippen molar-refractivity contribution in [2.45, 2.75) is 77.7 Å². The highest BCUT2D eigenvalue weighted by Crippen LogP contribution is 2.62. The number of hydrogen-bond donors (Lipinski definition) is 0. The van der Waals surface area contributed by atoms with E-state index in [-0.39, 0.29) is 23.7 Å². The molecule has 32 heavy (non-hydrogen) atoms. The van der Waals surface area contributed by atoms with E-state index in [1.54, 1.807) is 0 Å². The van der Waals surface area contributed by atoms with Gasteiger partial charge in [0.2, 0.25) is 0 Å². The number of amides is 1. The highest BCUT2D eigenvalue weighted by Gasteiger charge is 2.73. The quantitative estimate of drug-likeness (QED) is 0.642. The van der Waals surface area contributed by atoms with Gasteiger partial charge < -0.3 is 4.74 Å². The van der Waals surface area contributed by atoms with Crippen LogP contribution in [0.1, 0.15) is 58.9 Å².